The Morgan fingerprint density at radius 2 is 2.00 bits per heavy atom. The van der Waals surface area contributed by atoms with E-state index in [2.05, 4.69) is 50.4 Å². The second kappa shape index (κ2) is 6.93. The predicted molar refractivity (Wildman–Crippen MR) is 88.3 cm³/mol. The molecule has 0 spiro atoms. The van der Waals surface area contributed by atoms with Gasteiger partial charge in [0.1, 0.15) is 0 Å². The molecule has 1 heterocycles. The number of hydrogen-bond acceptors (Lipinski definition) is 3. The number of nitrogens with one attached hydrogen (secondary N) is 1. The van der Waals surface area contributed by atoms with Gasteiger partial charge >= 0.3 is 0 Å². The molecule has 2 rings (SSSR count). The van der Waals surface area contributed by atoms with Crippen LogP contribution in [0.2, 0.25) is 0 Å². The van der Waals surface area contributed by atoms with Crippen LogP contribution in [-0.4, -0.2) is 32.5 Å². The minimum atomic E-state index is -2.81. The van der Waals surface area contributed by atoms with Gasteiger partial charge in [-0.3, -0.25) is 0 Å². The summed E-state index contributed by atoms with van der Waals surface area (Å²) in [6, 6.07) is 8.86. The van der Waals surface area contributed by atoms with Crippen molar-refractivity contribution in [1.82, 2.24) is 5.32 Å². The Morgan fingerprint density at radius 1 is 1.29 bits per heavy atom. The van der Waals surface area contributed by atoms with E-state index in [1.54, 1.807) is 0 Å². The first-order valence-electron chi connectivity index (χ1n) is 7.85. The molecule has 0 bridgehead atoms. The highest BCUT2D eigenvalue weighted by atomic mass is 32.2. The zero-order valence-corrected chi connectivity index (χ0v) is 14.1. The van der Waals surface area contributed by atoms with Crippen molar-refractivity contribution in [3.05, 3.63) is 35.4 Å². The molecule has 1 aliphatic heterocycles. The molecule has 118 valence electrons. The molecule has 21 heavy (non-hydrogen) atoms. The van der Waals surface area contributed by atoms with Crippen molar-refractivity contribution in [2.45, 2.75) is 39.7 Å². The van der Waals surface area contributed by atoms with E-state index < -0.39 is 9.84 Å². The molecule has 1 aliphatic rings. The fraction of sp³-hybridized carbons (Fsp3) is 0.647. The summed E-state index contributed by atoms with van der Waals surface area (Å²) < 4.78 is 23.6. The maximum Gasteiger partial charge on any atom is 0.150 e. The second-order valence-corrected chi connectivity index (χ2v) is 8.85. The molecule has 0 saturated carbocycles. The van der Waals surface area contributed by atoms with Crippen molar-refractivity contribution in [3.63, 3.8) is 0 Å². The van der Waals surface area contributed by atoms with E-state index in [9.17, 15) is 8.42 Å². The Balaban J connectivity index is 2.11. The van der Waals surface area contributed by atoms with Crippen molar-refractivity contribution in [1.29, 1.82) is 0 Å². The van der Waals surface area contributed by atoms with Gasteiger partial charge < -0.3 is 5.32 Å². The number of aryl methyl sites for hydroxylation is 1. The van der Waals surface area contributed by atoms with Gasteiger partial charge in [-0.05, 0) is 49.3 Å². The molecule has 3 nitrogen and oxygen atoms in total. The number of sulfone groups is 1. The van der Waals surface area contributed by atoms with Gasteiger partial charge in [-0.2, -0.15) is 0 Å². The summed E-state index contributed by atoms with van der Waals surface area (Å²) in [5.41, 5.74) is 2.64. The van der Waals surface area contributed by atoms with Crippen LogP contribution in [0.15, 0.2) is 24.3 Å². The van der Waals surface area contributed by atoms with E-state index >= 15 is 0 Å². The monoisotopic (exact) mass is 309 g/mol. The highest BCUT2D eigenvalue weighted by Crippen LogP contribution is 2.29. The molecule has 0 radical (unpaired) electrons. The van der Waals surface area contributed by atoms with Crippen molar-refractivity contribution in [2.75, 3.05) is 18.1 Å². The number of hydrogen-bond donors (Lipinski definition) is 1. The topological polar surface area (TPSA) is 46.2 Å². The van der Waals surface area contributed by atoms with Gasteiger partial charge in [-0.1, -0.05) is 38.1 Å². The molecule has 1 fully saturated rings. The zero-order valence-electron chi connectivity index (χ0n) is 13.3. The summed E-state index contributed by atoms with van der Waals surface area (Å²) >= 11 is 0. The number of benzene rings is 1. The molecule has 0 amide bonds. The van der Waals surface area contributed by atoms with E-state index in [0.717, 1.165) is 19.4 Å². The van der Waals surface area contributed by atoms with E-state index in [1.165, 1.54) is 11.1 Å². The standard InChI is InChI=1S/C17H27NO2S/c1-13(2)18-11-17(16-8-9-21(19,20)12-16)10-15-7-5-4-6-14(15)3/h4-7,13,16-18H,8-12H2,1-3H3. The fourth-order valence-electron chi connectivity index (χ4n) is 3.11. The van der Waals surface area contributed by atoms with E-state index in [0.29, 0.717) is 29.4 Å². The summed E-state index contributed by atoms with van der Waals surface area (Å²) in [6.45, 7) is 7.30. The summed E-state index contributed by atoms with van der Waals surface area (Å²) in [5.74, 6) is 1.42. The maximum absolute atomic E-state index is 11.8. The molecule has 0 aliphatic carbocycles. The number of rotatable bonds is 6. The largest absolute Gasteiger partial charge is 0.314 e. The third-order valence-electron chi connectivity index (χ3n) is 4.47. The van der Waals surface area contributed by atoms with Crippen LogP contribution in [0.4, 0.5) is 0 Å². The van der Waals surface area contributed by atoms with Crippen LogP contribution in [0.3, 0.4) is 0 Å². The highest BCUT2D eigenvalue weighted by molar-refractivity contribution is 7.91. The second-order valence-electron chi connectivity index (χ2n) is 6.62. The molecule has 2 atom stereocenters. The van der Waals surface area contributed by atoms with Gasteiger partial charge in [0.25, 0.3) is 0 Å². The molecular weight excluding hydrogens is 282 g/mol. The SMILES string of the molecule is Cc1ccccc1CC(CNC(C)C)C1CCS(=O)(=O)C1. The van der Waals surface area contributed by atoms with Crippen LogP contribution in [0.1, 0.15) is 31.4 Å². The molecule has 1 saturated heterocycles. The van der Waals surface area contributed by atoms with Gasteiger partial charge in [0.2, 0.25) is 0 Å². The van der Waals surface area contributed by atoms with Crippen LogP contribution >= 0.6 is 0 Å². The van der Waals surface area contributed by atoms with E-state index in [-0.39, 0.29) is 0 Å². The first-order chi connectivity index (χ1) is 9.87. The van der Waals surface area contributed by atoms with Gasteiger partial charge in [0.05, 0.1) is 11.5 Å². The van der Waals surface area contributed by atoms with Crippen LogP contribution in [0, 0.1) is 18.8 Å². The fourth-order valence-corrected chi connectivity index (χ4v) is 5.03. The lowest BCUT2D eigenvalue weighted by Crippen LogP contribution is -2.34. The maximum atomic E-state index is 11.8. The normalized spacial score (nSPS) is 22.6. The lowest BCUT2D eigenvalue weighted by atomic mass is 9.85. The van der Waals surface area contributed by atoms with Crippen LogP contribution in [-0.2, 0) is 16.3 Å². The zero-order chi connectivity index (χ0) is 15.5. The van der Waals surface area contributed by atoms with E-state index in [1.807, 2.05) is 0 Å². The lowest BCUT2D eigenvalue weighted by molar-refractivity contribution is 0.333. The summed E-state index contributed by atoms with van der Waals surface area (Å²) in [5, 5.41) is 3.49. The third-order valence-corrected chi connectivity index (χ3v) is 6.26. The first-order valence-corrected chi connectivity index (χ1v) is 9.68. The van der Waals surface area contributed by atoms with Gasteiger partial charge in [0, 0.05) is 6.04 Å². The van der Waals surface area contributed by atoms with Crippen LogP contribution in [0.25, 0.3) is 0 Å². The Kier molecular flexibility index (Phi) is 5.44. The minimum Gasteiger partial charge on any atom is -0.314 e. The van der Waals surface area contributed by atoms with Crippen LogP contribution in [0.5, 0.6) is 0 Å². The van der Waals surface area contributed by atoms with Gasteiger partial charge in [-0.15, -0.1) is 0 Å². The Morgan fingerprint density at radius 3 is 2.57 bits per heavy atom. The van der Waals surface area contributed by atoms with E-state index in [4.69, 9.17) is 0 Å². The average molecular weight is 309 g/mol. The molecule has 1 N–H and O–H groups in total. The van der Waals surface area contributed by atoms with Crippen molar-refractivity contribution in [2.24, 2.45) is 11.8 Å². The Labute approximate surface area is 129 Å². The van der Waals surface area contributed by atoms with Gasteiger partial charge in [0.15, 0.2) is 9.84 Å². The predicted octanol–water partition coefficient (Wildman–Crippen LogP) is 2.59. The third kappa shape index (κ3) is 4.82. The van der Waals surface area contributed by atoms with Gasteiger partial charge in [-0.25, -0.2) is 8.42 Å². The molecule has 1 aromatic carbocycles. The molecule has 0 aromatic heterocycles. The highest BCUT2D eigenvalue weighted by Gasteiger charge is 2.33. The smallest absolute Gasteiger partial charge is 0.150 e. The summed E-state index contributed by atoms with van der Waals surface area (Å²) in [4.78, 5) is 0. The molecular formula is C17H27NO2S. The quantitative estimate of drug-likeness (QED) is 0.878. The molecule has 1 aromatic rings. The Hall–Kier alpha value is -0.870. The van der Waals surface area contributed by atoms with Crippen molar-refractivity contribution in [3.8, 4) is 0 Å². The lowest BCUT2D eigenvalue weighted by Gasteiger charge is -2.25. The van der Waals surface area contributed by atoms with Crippen molar-refractivity contribution < 1.29 is 8.42 Å². The first kappa shape index (κ1) is 16.5. The minimum absolute atomic E-state index is 0.292. The summed E-state index contributed by atoms with van der Waals surface area (Å²) in [7, 11) is -2.81. The molecule has 4 heteroatoms. The molecule has 2 unspecified atom stereocenters. The average Bonchev–Trinajstić information content (AvgIpc) is 2.76. The Bertz CT molecular complexity index is 566. The van der Waals surface area contributed by atoms with Crippen molar-refractivity contribution >= 4 is 9.84 Å². The summed E-state index contributed by atoms with van der Waals surface area (Å²) in [6.07, 6.45) is 1.78. The van der Waals surface area contributed by atoms with Crippen LogP contribution < -0.4 is 5.32 Å².